The van der Waals surface area contributed by atoms with Crippen LogP contribution < -0.4 is 16.6 Å². The van der Waals surface area contributed by atoms with E-state index in [4.69, 9.17) is 0 Å². The number of hydrogen-bond acceptors (Lipinski definition) is 3. The molecule has 1 amide bonds. The van der Waals surface area contributed by atoms with Crippen molar-refractivity contribution in [1.29, 1.82) is 0 Å². The third-order valence-electron chi connectivity index (χ3n) is 4.42. The van der Waals surface area contributed by atoms with E-state index in [9.17, 15) is 27.6 Å². The first-order valence-electron chi connectivity index (χ1n) is 8.32. The lowest BCUT2D eigenvalue weighted by Gasteiger charge is -2.16. The molecule has 1 heterocycles. The van der Waals surface area contributed by atoms with Crippen molar-refractivity contribution in [2.45, 2.75) is 19.5 Å². The molecule has 0 saturated carbocycles. The monoisotopic (exact) mass is 391 g/mol. The number of halogens is 3. The highest BCUT2D eigenvalue weighted by atomic mass is 19.1. The van der Waals surface area contributed by atoms with Crippen LogP contribution in [-0.4, -0.2) is 15.0 Å². The smallest absolute Gasteiger partial charge is 0.331 e. The number of carbonyl (C=O) groups excluding carboxylic acids is 1. The van der Waals surface area contributed by atoms with Crippen molar-refractivity contribution in [2.24, 2.45) is 7.05 Å². The van der Waals surface area contributed by atoms with E-state index in [1.165, 1.54) is 26.1 Å². The molecule has 1 atom stereocenters. The van der Waals surface area contributed by atoms with Crippen LogP contribution >= 0.6 is 0 Å². The zero-order chi connectivity index (χ0) is 20.6. The fourth-order valence-corrected chi connectivity index (χ4v) is 2.99. The summed E-state index contributed by atoms with van der Waals surface area (Å²) in [6.07, 6.45) is 0. The highest BCUT2D eigenvalue weighted by Crippen LogP contribution is 2.17. The zero-order valence-corrected chi connectivity index (χ0v) is 15.0. The minimum atomic E-state index is -0.831. The average Bonchev–Trinajstić information content (AvgIpc) is 2.63. The third kappa shape index (κ3) is 3.55. The van der Waals surface area contributed by atoms with Crippen LogP contribution in [0.25, 0.3) is 10.9 Å². The Morgan fingerprint density at radius 3 is 2.39 bits per heavy atom. The van der Waals surface area contributed by atoms with Crippen LogP contribution in [0.3, 0.4) is 0 Å². The molecule has 1 N–H and O–H groups in total. The van der Waals surface area contributed by atoms with Gasteiger partial charge in [-0.2, -0.15) is 0 Å². The highest BCUT2D eigenvalue weighted by molar-refractivity contribution is 5.79. The molecular weight excluding hydrogens is 375 g/mol. The van der Waals surface area contributed by atoms with Crippen LogP contribution in [0.15, 0.2) is 46.0 Å². The van der Waals surface area contributed by atoms with Gasteiger partial charge in [-0.05, 0) is 31.2 Å². The van der Waals surface area contributed by atoms with Gasteiger partial charge >= 0.3 is 5.69 Å². The summed E-state index contributed by atoms with van der Waals surface area (Å²) >= 11 is 0. The fraction of sp³-hybridized carbons (Fsp3) is 0.211. The fourth-order valence-electron chi connectivity index (χ4n) is 2.99. The first-order chi connectivity index (χ1) is 13.2. The summed E-state index contributed by atoms with van der Waals surface area (Å²) < 4.78 is 42.1. The molecule has 9 heteroatoms. The van der Waals surface area contributed by atoms with E-state index in [-0.39, 0.29) is 16.5 Å². The molecule has 0 aliphatic carbocycles. The van der Waals surface area contributed by atoms with E-state index >= 15 is 0 Å². The van der Waals surface area contributed by atoms with E-state index in [2.05, 4.69) is 5.32 Å². The largest absolute Gasteiger partial charge is 0.348 e. The average molecular weight is 391 g/mol. The van der Waals surface area contributed by atoms with Crippen molar-refractivity contribution in [3.05, 3.63) is 80.3 Å². The van der Waals surface area contributed by atoms with E-state index in [1.807, 2.05) is 0 Å². The second-order valence-corrected chi connectivity index (χ2v) is 6.35. The maximum Gasteiger partial charge on any atom is 0.331 e. The SMILES string of the molecule is C[C@H](NC(=O)Cn1c(=O)c2cc(F)ccc2n(C)c1=O)c1ccc(F)cc1F. The Morgan fingerprint density at radius 2 is 1.71 bits per heavy atom. The minimum Gasteiger partial charge on any atom is -0.348 e. The number of nitrogens with one attached hydrogen (secondary N) is 1. The molecule has 6 nitrogen and oxygen atoms in total. The molecule has 146 valence electrons. The predicted octanol–water partition coefficient (Wildman–Crippen LogP) is 1.99. The van der Waals surface area contributed by atoms with Crippen LogP contribution in [0.4, 0.5) is 13.2 Å². The van der Waals surface area contributed by atoms with Gasteiger partial charge < -0.3 is 5.32 Å². The topological polar surface area (TPSA) is 73.1 Å². The molecule has 0 radical (unpaired) electrons. The molecule has 0 unspecified atom stereocenters. The van der Waals surface area contributed by atoms with Gasteiger partial charge in [0.2, 0.25) is 5.91 Å². The first-order valence-corrected chi connectivity index (χ1v) is 8.32. The van der Waals surface area contributed by atoms with Gasteiger partial charge in [0.15, 0.2) is 0 Å². The van der Waals surface area contributed by atoms with Crippen molar-refractivity contribution in [3.63, 3.8) is 0 Å². The number of hydrogen-bond donors (Lipinski definition) is 1. The van der Waals surface area contributed by atoms with Crippen LogP contribution in [0.1, 0.15) is 18.5 Å². The molecule has 0 spiro atoms. The summed E-state index contributed by atoms with van der Waals surface area (Å²) in [5.74, 6) is -2.97. The maximum absolute atomic E-state index is 13.8. The van der Waals surface area contributed by atoms with E-state index in [0.29, 0.717) is 10.6 Å². The number of rotatable bonds is 4. The summed E-state index contributed by atoms with van der Waals surface area (Å²) in [6, 6.07) is 5.52. The molecule has 0 aliphatic heterocycles. The lowest BCUT2D eigenvalue weighted by Crippen LogP contribution is -2.43. The van der Waals surface area contributed by atoms with Crippen molar-refractivity contribution in [2.75, 3.05) is 0 Å². The van der Waals surface area contributed by atoms with Gasteiger partial charge in [-0.15, -0.1) is 0 Å². The van der Waals surface area contributed by atoms with Crippen molar-refractivity contribution >= 4 is 16.8 Å². The van der Waals surface area contributed by atoms with Gasteiger partial charge in [-0.25, -0.2) is 18.0 Å². The van der Waals surface area contributed by atoms with Crippen LogP contribution in [0, 0.1) is 17.5 Å². The van der Waals surface area contributed by atoms with Gasteiger partial charge in [-0.1, -0.05) is 6.07 Å². The Kier molecular flexibility index (Phi) is 5.08. The normalized spacial score (nSPS) is 12.2. The van der Waals surface area contributed by atoms with Crippen LogP contribution in [0.5, 0.6) is 0 Å². The summed E-state index contributed by atoms with van der Waals surface area (Å²) in [5, 5.41) is 2.41. The molecule has 1 aromatic heterocycles. The first kappa shape index (κ1) is 19.4. The molecule has 0 bridgehead atoms. The standard InChI is InChI=1S/C19H16F3N3O3/c1-10(13-5-3-12(21)8-15(13)22)23-17(26)9-25-18(27)14-7-11(20)4-6-16(14)24(2)19(25)28/h3-8,10H,9H2,1-2H3,(H,23,26)/t10-/m0/s1. The van der Waals surface area contributed by atoms with Gasteiger partial charge in [0, 0.05) is 18.7 Å². The molecule has 3 aromatic rings. The second kappa shape index (κ2) is 7.34. The summed E-state index contributed by atoms with van der Waals surface area (Å²) in [6.45, 7) is 0.843. The van der Waals surface area contributed by atoms with Gasteiger partial charge in [0.1, 0.15) is 24.0 Å². The minimum absolute atomic E-state index is 0.0486. The number of carbonyl (C=O) groups is 1. The predicted molar refractivity (Wildman–Crippen MR) is 96.3 cm³/mol. The van der Waals surface area contributed by atoms with Gasteiger partial charge in [-0.3, -0.25) is 18.7 Å². The summed E-state index contributed by atoms with van der Waals surface area (Å²) in [7, 11) is 1.40. The Labute approximate surface area is 156 Å². The highest BCUT2D eigenvalue weighted by Gasteiger charge is 2.18. The summed E-state index contributed by atoms with van der Waals surface area (Å²) in [5.41, 5.74) is -1.28. The Bertz CT molecular complexity index is 1200. The molecule has 28 heavy (non-hydrogen) atoms. The van der Waals surface area contributed by atoms with Crippen LogP contribution in [0.2, 0.25) is 0 Å². The molecule has 0 saturated heterocycles. The number of aryl methyl sites for hydroxylation is 1. The Morgan fingerprint density at radius 1 is 1.07 bits per heavy atom. The quantitative estimate of drug-likeness (QED) is 0.739. The van der Waals surface area contributed by atoms with Crippen molar-refractivity contribution in [1.82, 2.24) is 14.5 Å². The Balaban J connectivity index is 1.91. The number of amides is 1. The summed E-state index contributed by atoms with van der Waals surface area (Å²) in [4.78, 5) is 37.3. The second-order valence-electron chi connectivity index (χ2n) is 6.35. The van der Waals surface area contributed by atoms with Crippen molar-refractivity contribution < 1.29 is 18.0 Å². The lowest BCUT2D eigenvalue weighted by atomic mass is 10.1. The number of nitrogens with zero attached hydrogens (tertiary/aromatic N) is 2. The Hall–Kier alpha value is -3.36. The number of fused-ring (bicyclic) bond motifs is 1. The number of aromatic nitrogens is 2. The third-order valence-corrected chi connectivity index (χ3v) is 4.42. The maximum atomic E-state index is 13.8. The molecule has 2 aromatic carbocycles. The van der Waals surface area contributed by atoms with Crippen molar-refractivity contribution in [3.8, 4) is 0 Å². The van der Waals surface area contributed by atoms with E-state index < -0.39 is 47.2 Å². The lowest BCUT2D eigenvalue weighted by molar-refractivity contribution is -0.122. The van der Waals surface area contributed by atoms with E-state index in [0.717, 1.165) is 22.8 Å². The van der Waals surface area contributed by atoms with E-state index in [1.54, 1.807) is 0 Å². The van der Waals surface area contributed by atoms with Gasteiger partial charge in [0.05, 0.1) is 16.9 Å². The number of benzene rings is 2. The molecule has 0 aliphatic rings. The van der Waals surface area contributed by atoms with Crippen LogP contribution in [-0.2, 0) is 18.4 Å². The molecule has 3 rings (SSSR count). The molecular formula is C19H16F3N3O3. The zero-order valence-electron chi connectivity index (χ0n) is 15.0. The van der Waals surface area contributed by atoms with Gasteiger partial charge in [0.25, 0.3) is 5.56 Å². The molecule has 0 fully saturated rings.